The van der Waals surface area contributed by atoms with E-state index in [1.165, 1.54) is 0 Å². The number of hydrogen-bond donors (Lipinski definition) is 1. The molecule has 0 unspecified atom stereocenters. The second-order valence-corrected chi connectivity index (χ2v) is 11.0. The summed E-state index contributed by atoms with van der Waals surface area (Å²) in [5.74, 6) is -0.00840. The van der Waals surface area contributed by atoms with Crippen molar-refractivity contribution in [1.29, 1.82) is 0 Å². The molecule has 0 bridgehead atoms. The van der Waals surface area contributed by atoms with E-state index in [0.29, 0.717) is 23.3 Å². The molecule has 3 rings (SSSR count). The molecule has 32 heavy (non-hydrogen) atoms. The van der Waals surface area contributed by atoms with Crippen molar-refractivity contribution in [3.8, 4) is 5.75 Å². The van der Waals surface area contributed by atoms with E-state index >= 15 is 0 Å². The van der Waals surface area contributed by atoms with Crippen LogP contribution in [0.2, 0.25) is 0 Å². The average molecular weight is 508 g/mol. The van der Waals surface area contributed by atoms with Gasteiger partial charge in [0.15, 0.2) is 5.49 Å². The van der Waals surface area contributed by atoms with Gasteiger partial charge in [-0.1, -0.05) is 36.7 Å². The first-order chi connectivity index (χ1) is 14.8. The summed E-state index contributed by atoms with van der Waals surface area (Å²) in [6, 6.07) is 7.19. The first kappa shape index (κ1) is 24.7. The molecule has 1 fully saturated rings. The molecule has 1 saturated heterocycles. The number of nitrogens with zero attached hydrogens (tertiary/aromatic N) is 3. The molecular weight excluding hydrogens is 474 g/mol. The first-order valence-electron chi connectivity index (χ1n) is 11.0. The molecule has 8 heteroatoms. The Bertz CT molecular complexity index is 1030. The highest BCUT2D eigenvalue weighted by Gasteiger charge is 2.24. The number of benzene rings is 1. The zero-order valence-electron chi connectivity index (χ0n) is 19.8. The topological polar surface area (TPSA) is 78.0 Å². The Morgan fingerprint density at radius 2 is 2.00 bits per heavy atom. The predicted octanol–water partition coefficient (Wildman–Crippen LogP) is 3.96. The Morgan fingerprint density at radius 3 is 2.59 bits per heavy atom. The molecule has 7 nitrogen and oxygen atoms in total. The lowest BCUT2D eigenvalue weighted by Gasteiger charge is -2.21. The Hall–Kier alpha value is -1.90. The summed E-state index contributed by atoms with van der Waals surface area (Å²) in [5, 5.41) is 10.0. The number of aromatic nitrogens is 2. The van der Waals surface area contributed by atoms with Gasteiger partial charge in [-0.25, -0.2) is 0 Å². The van der Waals surface area contributed by atoms with E-state index in [9.17, 15) is 9.90 Å². The second-order valence-electron chi connectivity index (χ2n) is 10.0. The van der Waals surface area contributed by atoms with Crippen molar-refractivity contribution in [3.63, 3.8) is 0 Å². The van der Waals surface area contributed by atoms with Crippen LogP contribution in [0.4, 0.5) is 0 Å². The third-order valence-corrected chi connectivity index (χ3v) is 5.87. The maximum absolute atomic E-state index is 13.3. The monoisotopic (exact) mass is 507 g/mol. The molecule has 1 aliphatic heterocycles. The largest absolute Gasteiger partial charge is 0.490 e. The number of hydrogen-bond acceptors (Lipinski definition) is 4. The Kier molecular flexibility index (Phi) is 7.37. The number of aliphatic hydroxyl groups is 1. The van der Waals surface area contributed by atoms with Crippen molar-refractivity contribution in [2.24, 2.45) is 12.0 Å². The number of carbonyl (C=O) groups excluding carboxylic acids is 1. The Morgan fingerprint density at radius 1 is 1.28 bits per heavy atom. The van der Waals surface area contributed by atoms with E-state index in [1.54, 1.807) is 32.0 Å². The summed E-state index contributed by atoms with van der Waals surface area (Å²) >= 11 is 3.43. The lowest BCUT2D eigenvalue weighted by molar-refractivity contribution is 0.0281. The molecule has 1 aliphatic rings. The van der Waals surface area contributed by atoms with Crippen molar-refractivity contribution in [3.05, 3.63) is 45.5 Å². The number of rotatable bonds is 6. The van der Waals surface area contributed by atoms with Crippen LogP contribution in [0.1, 0.15) is 63.5 Å². The van der Waals surface area contributed by atoms with Gasteiger partial charge in [0.2, 0.25) is 0 Å². The minimum atomic E-state index is -1.02. The quantitative estimate of drug-likeness (QED) is 0.641. The normalized spacial score (nSPS) is 17.8. The molecule has 1 aromatic heterocycles. The van der Waals surface area contributed by atoms with E-state index in [0.717, 1.165) is 29.6 Å². The van der Waals surface area contributed by atoms with Crippen LogP contribution in [-0.4, -0.2) is 45.3 Å². The number of ether oxygens (including phenoxy) is 2. The van der Waals surface area contributed by atoms with E-state index in [1.807, 2.05) is 17.8 Å². The molecule has 1 aromatic carbocycles. The number of halogens is 1. The van der Waals surface area contributed by atoms with Crippen LogP contribution in [0.3, 0.4) is 0 Å². The second kappa shape index (κ2) is 9.53. The highest BCUT2D eigenvalue weighted by atomic mass is 79.9. The zero-order valence-corrected chi connectivity index (χ0v) is 21.4. The van der Waals surface area contributed by atoms with Gasteiger partial charge < -0.3 is 14.6 Å². The summed E-state index contributed by atoms with van der Waals surface area (Å²) < 4.78 is 16.4. The van der Waals surface area contributed by atoms with Crippen molar-refractivity contribution >= 4 is 21.8 Å². The molecule has 1 amide bonds. The maximum atomic E-state index is 13.3. The highest BCUT2D eigenvalue weighted by Crippen LogP contribution is 2.25. The van der Waals surface area contributed by atoms with Gasteiger partial charge in [0.05, 0.1) is 23.8 Å². The fourth-order valence-electron chi connectivity index (χ4n) is 3.78. The van der Waals surface area contributed by atoms with Gasteiger partial charge in [0.1, 0.15) is 12.4 Å². The van der Waals surface area contributed by atoms with Crippen molar-refractivity contribution in [1.82, 2.24) is 9.36 Å². The summed E-state index contributed by atoms with van der Waals surface area (Å²) in [6.07, 6.45) is 2.16. The van der Waals surface area contributed by atoms with Crippen LogP contribution in [-0.2, 0) is 23.7 Å². The van der Waals surface area contributed by atoms with Crippen molar-refractivity contribution in [2.45, 2.75) is 71.1 Å². The van der Waals surface area contributed by atoms with Crippen LogP contribution in [0.5, 0.6) is 5.75 Å². The van der Waals surface area contributed by atoms with Crippen molar-refractivity contribution < 1.29 is 19.4 Å². The van der Waals surface area contributed by atoms with Gasteiger partial charge in [0.25, 0.3) is 5.91 Å². The van der Waals surface area contributed by atoms with Gasteiger partial charge in [0, 0.05) is 35.3 Å². The molecular formula is C24H34BrN3O4. The molecule has 0 saturated carbocycles. The standard InChI is InChI=1S/C24H34BrN3O4/c1-23(2,3)20-13-21(28(27(20)6)14-17-8-7-11-31-17)26-22(29)18-12-16(25)9-10-19(18)32-15-24(4,5)30/h9-10,12-13,17,30H,7-8,11,14-15H2,1-6H3/t17-/m1/s1. The lowest BCUT2D eigenvalue weighted by atomic mass is 9.92. The summed E-state index contributed by atoms with van der Waals surface area (Å²) in [6.45, 7) is 11.2. The van der Waals surface area contributed by atoms with Crippen LogP contribution >= 0.6 is 15.9 Å². The number of amides is 1. The summed E-state index contributed by atoms with van der Waals surface area (Å²) in [4.78, 5) is 17.8. The van der Waals surface area contributed by atoms with E-state index in [-0.39, 0.29) is 18.1 Å². The molecule has 0 aliphatic carbocycles. The van der Waals surface area contributed by atoms with E-state index < -0.39 is 11.5 Å². The van der Waals surface area contributed by atoms with Crippen LogP contribution in [0.15, 0.2) is 33.7 Å². The van der Waals surface area contributed by atoms with E-state index in [2.05, 4.69) is 46.4 Å². The summed E-state index contributed by atoms with van der Waals surface area (Å²) in [5.41, 5.74) is 0.880. The fourth-order valence-corrected chi connectivity index (χ4v) is 4.14. The smallest absolute Gasteiger partial charge is 0.282 e. The first-order valence-corrected chi connectivity index (χ1v) is 11.8. The van der Waals surface area contributed by atoms with Crippen LogP contribution in [0.25, 0.3) is 0 Å². The van der Waals surface area contributed by atoms with Gasteiger partial charge in [-0.15, -0.1) is 0 Å². The summed E-state index contributed by atoms with van der Waals surface area (Å²) in [7, 11) is 2.00. The van der Waals surface area contributed by atoms with Crippen LogP contribution < -0.4 is 10.2 Å². The Balaban J connectivity index is 2.03. The molecule has 176 valence electrons. The van der Waals surface area contributed by atoms with Crippen LogP contribution in [0, 0.1) is 0 Å². The number of carbonyl (C=O) groups is 1. The fraction of sp³-hybridized carbons (Fsp3) is 0.583. The molecule has 0 spiro atoms. The maximum Gasteiger partial charge on any atom is 0.282 e. The Labute approximate surface area is 198 Å². The minimum Gasteiger partial charge on any atom is -0.490 e. The molecule has 0 radical (unpaired) electrons. The van der Waals surface area contributed by atoms with Gasteiger partial charge in [-0.2, -0.15) is 4.99 Å². The van der Waals surface area contributed by atoms with Crippen molar-refractivity contribution in [2.75, 3.05) is 13.2 Å². The lowest BCUT2D eigenvalue weighted by Crippen LogP contribution is -2.30. The molecule has 1 N–H and O–H groups in total. The van der Waals surface area contributed by atoms with Gasteiger partial charge in [-0.3, -0.25) is 14.2 Å². The molecule has 2 heterocycles. The minimum absolute atomic E-state index is 0.0629. The van der Waals surface area contributed by atoms with E-state index in [4.69, 9.17) is 9.47 Å². The zero-order chi connectivity index (χ0) is 23.7. The average Bonchev–Trinajstić information content (AvgIpc) is 3.29. The predicted molar refractivity (Wildman–Crippen MR) is 127 cm³/mol. The third-order valence-electron chi connectivity index (χ3n) is 5.38. The van der Waals surface area contributed by atoms with Gasteiger partial charge >= 0.3 is 0 Å². The highest BCUT2D eigenvalue weighted by molar-refractivity contribution is 9.10. The molecule has 1 atom stereocenters. The molecule has 2 aromatic rings. The van der Waals surface area contributed by atoms with Gasteiger partial charge in [-0.05, 0) is 44.9 Å². The SMILES string of the molecule is Cn1c(C(C)(C)C)cc(=NC(=O)c2cc(Br)ccc2OCC(C)(C)O)n1C[C@H]1CCCO1. The third kappa shape index (κ3) is 6.11.